The summed E-state index contributed by atoms with van der Waals surface area (Å²) in [6, 6.07) is 15.1. The van der Waals surface area contributed by atoms with Crippen molar-refractivity contribution < 1.29 is 0 Å². The van der Waals surface area contributed by atoms with Crippen molar-refractivity contribution >= 4 is 39.7 Å². The van der Waals surface area contributed by atoms with Crippen LogP contribution in [0.3, 0.4) is 0 Å². The molecule has 0 aliphatic rings. The molecule has 16 heavy (non-hydrogen) atoms. The standard InChI is InChI=1S/C12H9IN2O/c13-9-5-1-2-6-10(9)14-11-7-3-4-8-12(11)15-16/h1-8,14H. The summed E-state index contributed by atoms with van der Waals surface area (Å²) in [5.74, 6) is 0. The Balaban J connectivity index is 2.34. The summed E-state index contributed by atoms with van der Waals surface area (Å²) in [5, 5.41) is 6.17. The summed E-state index contributed by atoms with van der Waals surface area (Å²) >= 11 is 2.24. The summed E-state index contributed by atoms with van der Waals surface area (Å²) in [5.41, 5.74) is 2.11. The number of nitrogens with zero attached hydrogens (tertiary/aromatic N) is 1. The van der Waals surface area contributed by atoms with Gasteiger partial charge in [-0.3, -0.25) is 0 Å². The van der Waals surface area contributed by atoms with Crippen LogP contribution in [0, 0.1) is 8.48 Å². The molecule has 2 aromatic carbocycles. The number of rotatable bonds is 3. The van der Waals surface area contributed by atoms with Gasteiger partial charge in [0, 0.05) is 3.57 Å². The highest BCUT2D eigenvalue weighted by Gasteiger charge is 2.03. The largest absolute Gasteiger partial charge is 0.353 e. The Morgan fingerprint density at radius 2 is 1.56 bits per heavy atom. The highest BCUT2D eigenvalue weighted by molar-refractivity contribution is 14.1. The molecule has 0 aromatic heterocycles. The van der Waals surface area contributed by atoms with Gasteiger partial charge in [-0.25, -0.2) is 0 Å². The van der Waals surface area contributed by atoms with Gasteiger partial charge in [-0.15, -0.1) is 4.91 Å². The average Bonchev–Trinajstić information content (AvgIpc) is 2.33. The molecule has 0 unspecified atom stereocenters. The SMILES string of the molecule is O=Nc1ccccc1Nc1ccccc1I. The molecule has 0 atom stereocenters. The molecule has 4 heteroatoms. The quantitative estimate of drug-likeness (QED) is 0.670. The molecule has 0 bridgehead atoms. The first-order valence-electron chi connectivity index (χ1n) is 4.75. The molecule has 0 radical (unpaired) electrons. The summed E-state index contributed by atoms with van der Waals surface area (Å²) in [7, 11) is 0. The molecule has 2 aromatic rings. The zero-order chi connectivity index (χ0) is 11.4. The fourth-order valence-electron chi connectivity index (χ4n) is 1.37. The van der Waals surface area contributed by atoms with E-state index in [9.17, 15) is 4.91 Å². The van der Waals surface area contributed by atoms with Crippen molar-refractivity contribution in [3.63, 3.8) is 0 Å². The Kier molecular flexibility index (Phi) is 3.51. The maximum absolute atomic E-state index is 10.6. The van der Waals surface area contributed by atoms with Crippen molar-refractivity contribution in [3.05, 3.63) is 57.0 Å². The minimum absolute atomic E-state index is 0.419. The molecule has 0 saturated heterocycles. The Hall–Kier alpha value is -1.43. The molecule has 0 spiro atoms. The predicted octanol–water partition coefficient (Wildman–Crippen LogP) is 4.43. The van der Waals surface area contributed by atoms with Crippen molar-refractivity contribution in [2.24, 2.45) is 5.18 Å². The molecule has 80 valence electrons. The van der Waals surface area contributed by atoms with E-state index in [1.54, 1.807) is 12.1 Å². The first kappa shape index (κ1) is 11.1. The number of para-hydroxylation sites is 2. The number of benzene rings is 2. The molecule has 2 rings (SSSR count). The maximum atomic E-state index is 10.6. The van der Waals surface area contributed by atoms with Crippen LogP contribution in [0.5, 0.6) is 0 Å². The zero-order valence-electron chi connectivity index (χ0n) is 8.35. The van der Waals surface area contributed by atoms with E-state index >= 15 is 0 Å². The summed E-state index contributed by atoms with van der Waals surface area (Å²) < 4.78 is 1.10. The summed E-state index contributed by atoms with van der Waals surface area (Å²) in [6.07, 6.45) is 0. The molecule has 3 nitrogen and oxygen atoms in total. The van der Waals surface area contributed by atoms with Gasteiger partial charge in [0.2, 0.25) is 0 Å². The first-order chi connectivity index (χ1) is 7.81. The fourth-order valence-corrected chi connectivity index (χ4v) is 1.89. The number of hydrogen-bond donors (Lipinski definition) is 1. The van der Waals surface area contributed by atoms with Gasteiger partial charge in [-0.1, -0.05) is 24.3 Å². The highest BCUT2D eigenvalue weighted by atomic mass is 127. The number of nitroso groups, excluding NO2 is 1. The lowest BCUT2D eigenvalue weighted by Crippen LogP contribution is -1.92. The third-order valence-electron chi connectivity index (χ3n) is 2.15. The maximum Gasteiger partial charge on any atom is 0.131 e. The lowest BCUT2D eigenvalue weighted by atomic mass is 10.2. The van der Waals surface area contributed by atoms with Crippen LogP contribution in [0.1, 0.15) is 0 Å². The van der Waals surface area contributed by atoms with Crippen molar-refractivity contribution in [2.45, 2.75) is 0 Å². The Bertz CT molecular complexity index is 514. The molecule has 0 aliphatic carbocycles. The van der Waals surface area contributed by atoms with Crippen LogP contribution in [0.4, 0.5) is 17.1 Å². The van der Waals surface area contributed by atoms with Crippen LogP contribution >= 0.6 is 22.6 Å². The molecular weight excluding hydrogens is 315 g/mol. The van der Waals surface area contributed by atoms with Crippen LogP contribution in [0.15, 0.2) is 53.7 Å². The van der Waals surface area contributed by atoms with Crippen LogP contribution in [-0.2, 0) is 0 Å². The van der Waals surface area contributed by atoms with Gasteiger partial charge in [0.25, 0.3) is 0 Å². The molecule has 0 amide bonds. The Labute approximate surface area is 107 Å². The number of hydrogen-bond acceptors (Lipinski definition) is 3. The van der Waals surface area contributed by atoms with Crippen molar-refractivity contribution in [1.82, 2.24) is 0 Å². The van der Waals surface area contributed by atoms with E-state index in [0.717, 1.165) is 14.9 Å². The van der Waals surface area contributed by atoms with Crippen molar-refractivity contribution in [1.29, 1.82) is 0 Å². The van der Waals surface area contributed by atoms with E-state index in [4.69, 9.17) is 0 Å². The highest BCUT2D eigenvalue weighted by Crippen LogP contribution is 2.29. The predicted molar refractivity (Wildman–Crippen MR) is 74.3 cm³/mol. The fraction of sp³-hybridized carbons (Fsp3) is 0. The zero-order valence-corrected chi connectivity index (χ0v) is 10.5. The van der Waals surface area contributed by atoms with Gasteiger partial charge in [0.15, 0.2) is 0 Å². The van der Waals surface area contributed by atoms with Gasteiger partial charge >= 0.3 is 0 Å². The lowest BCUT2D eigenvalue weighted by molar-refractivity contribution is 1.45. The normalized spacial score (nSPS) is 9.81. The van der Waals surface area contributed by atoms with Crippen molar-refractivity contribution in [2.75, 3.05) is 5.32 Å². The average molecular weight is 324 g/mol. The number of anilines is 2. The van der Waals surface area contributed by atoms with Gasteiger partial charge in [-0.2, -0.15) is 0 Å². The van der Waals surface area contributed by atoms with Gasteiger partial charge in [0.1, 0.15) is 5.69 Å². The monoisotopic (exact) mass is 324 g/mol. The number of halogens is 1. The topological polar surface area (TPSA) is 41.5 Å². The van der Waals surface area contributed by atoms with E-state index in [0.29, 0.717) is 5.69 Å². The first-order valence-corrected chi connectivity index (χ1v) is 5.83. The summed E-state index contributed by atoms with van der Waals surface area (Å²) in [6.45, 7) is 0. The molecule has 1 N–H and O–H groups in total. The summed E-state index contributed by atoms with van der Waals surface area (Å²) in [4.78, 5) is 10.6. The van der Waals surface area contributed by atoms with Crippen LogP contribution in [0.2, 0.25) is 0 Å². The third kappa shape index (κ3) is 2.38. The van der Waals surface area contributed by atoms with Crippen LogP contribution < -0.4 is 5.32 Å². The molecular formula is C12H9IN2O. The van der Waals surface area contributed by atoms with E-state index in [-0.39, 0.29) is 0 Å². The van der Waals surface area contributed by atoms with E-state index in [1.807, 2.05) is 36.4 Å². The van der Waals surface area contributed by atoms with Crippen LogP contribution in [0.25, 0.3) is 0 Å². The Morgan fingerprint density at radius 1 is 0.938 bits per heavy atom. The smallest absolute Gasteiger partial charge is 0.131 e. The number of nitrogens with one attached hydrogen (secondary N) is 1. The molecule has 0 aliphatic heterocycles. The molecule has 0 fully saturated rings. The second-order valence-corrected chi connectivity index (χ2v) is 4.38. The van der Waals surface area contributed by atoms with E-state index in [2.05, 4.69) is 33.1 Å². The Morgan fingerprint density at radius 3 is 2.25 bits per heavy atom. The lowest BCUT2D eigenvalue weighted by Gasteiger charge is -2.09. The van der Waals surface area contributed by atoms with E-state index in [1.165, 1.54) is 0 Å². The van der Waals surface area contributed by atoms with Crippen molar-refractivity contribution in [3.8, 4) is 0 Å². The van der Waals surface area contributed by atoms with Gasteiger partial charge < -0.3 is 5.32 Å². The molecule has 0 saturated carbocycles. The molecule has 0 heterocycles. The third-order valence-corrected chi connectivity index (χ3v) is 3.09. The van der Waals surface area contributed by atoms with Crippen LogP contribution in [-0.4, -0.2) is 0 Å². The second-order valence-electron chi connectivity index (χ2n) is 3.21. The van der Waals surface area contributed by atoms with Gasteiger partial charge in [-0.05, 0) is 52.0 Å². The minimum Gasteiger partial charge on any atom is -0.353 e. The van der Waals surface area contributed by atoms with E-state index < -0.39 is 0 Å². The minimum atomic E-state index is 0.419. The second kappa shape index (κ2) is 5.07. The van der Waals surface area contributed by atoms with Gasteiger partial charge in [0.05, 0.1) is 11.4 Å².